The summed E-state index contributed by atoms with van der Waals surface area (Å²) in [4.78, 5) is 9.90. The first-order valence-corrected chi connectivity index (χ1v) is 10.7. The van der Waals surface area contributed by atoms with Gasteiger partial charge in [0.15, 0.2) is 5.82 Å². The van der Waals surface area contributed by atoms with Crippen molar-refractivity contribution < 1.29 is 0 Å². The molecular weight excluding hydrogens is 354 g/mol. The summed E-state index contributed by atoms with van der Waals surface area (Å²) in [7, 11) is 0. The maximum Gasteiger partial charge on any atom is 0.158 e. The summed E-state index contributed by atoms with van der Waals surface area (Å²) in [6.07, 6.45) is 4.29. The third kappa shape index (κ3) is 2.22. The second-order valence-electron chi connectivity index (χ2n) is 8.77. The van der Waals surface area contributed by atoms with Gasteiger partial charge < -0.3 is 9.80 Å². The van der Waals surface area contributed by atoms with Gasteiger partial charge in [-0.25, -0.2) is 4.98 Å². The summed E-state index contributed by atoms with van der Waals surface area (Å²) < 4.78 is 0. The first-order chi connectivity index (χ1) is 14.1. The topological polar surface area (TPSA) is 19.4 Å². The van der Waals surface area contributed by atoms with Gasteiger partial charge in [0.25, 0.3) is 0 Å². The number of hydrogen-bond acceptors (Lipinski definition) is 3. The highest BCUT2D eigenvalue weighted by atomic mass is 15.5. The predicted octanol–water partition coefficient (Wildman–Crippen LogP) is 6.80. The average Bonchev–Trinajstić information content (AvgIpc) is 3.14. The Labute approximate surface area is 174 Å². The van der Waals surface area contributed by atoms with Crippen LogP contribution in [0.5, 0.6) is 0 Å². The molecule has 0 amide bonds. The van der Waals surface area contributed by atoms with Crippen LogP contribution in [0.4, 0.5) is 22.9 Å². The molecule has 0 aliphatic carbocycles. The molecule has 3 heteroatoms. The van der Waals surface area contributed by atoms with Crippen molar-refractivity contribution in [2.24, 2.45) is 5.41 Å². The first kappa shape index (κ1) is 18.2. The number of rotatable bonds is 3. The number of fused-ring (bicyclic) bond motifs is 5. The molecule has 1 aromatic heterocycles. The zero-order valence-corrected chi connectivity index (χ0v) is 17.8. The van der Waals surface area contributed by atoms with Gasteiger partial charge in [0.2, 0.25) is 0 Å². The molecule has 0 N–H and O–H groups in total. The van der Waals surface area contributed by atoms with E-state index < -0.39 is 0 Å². The molecule has 148 valence electrons. The smallest absolute Gasteiger partial charge is 0.158 e. The molecule has 5 rings (SSSR count). The van der Waals surface area contributed by atoms with Crippen LogP contribution in [0.3, 0.4) is 0 Å². The maximum absolute atomic E-state index is 4.88. The molecule has 0 bridgehead atoms. The molecular formula is C26H29N3. The molecule has 2 aliphatic heterocycles. The van der Waals surface area contributed by atoms with Crippen LogP contribution in [-0.2, 0) is 5.41 Å². The van der Waals surface area contributed by atoms with Crippen LogP contribution >= 0.6 is 0 Å². The van der Waals surface area contributed by atoms with Crippen molar-refractivity contribution in [1.29, 1.82) is 0 Å². The monoisotopic (exact) mass is 383 g/mol. The van der Waals surface area contributed by atoms with E-state index in [4.69, 9.17) is 4.98 Å². The fraction of sp³-hybridized carbons (Fsp3) is 0.346. The second kappa shape index (κ2) is 6.35. The Balaban J connectivity index is 1.86. The number of benzene rings is 2. The van der Waals surface area contributed by atoms with Crippen molar-refractivity contribution >= 4 is 22.9 Å². The summed E-state index contributed by atoms with van der Waals surface area (Å²) in [5, 5.41) is 0. The summed E-state index contributed by atoms with van der Waals surface area (Å²) in [5.41, 5.74) is 5.26. The van der Waals surface area contributed by atoms with E-state index >= 15 is 0 Å². The fourth-order valence-corrected chi connectivity index (χ4v) is 5.72. The summed E-state index contributed by atoms with van der Waals surface area (Å²) in [5.74, 6) is 1.06. The van der Waals surface area contributed by atoms with Crippen molar-refractivity contribution in [1.82, 2.24) is 4.98 Å². The quantitative estimate of drug-likeness (QED) is 0.496. The molecule has 0 spiro atoms. The Morgan fingerprint density at radius 1 is 0.793 bits per heavy atom. The Kier molecular flexibility index (Phi) is 3.99. The lowest BCUT2D eigenvalue weighted by atomic mass is 9.55. The summed E-state index contributed by atoms with van der Waals surface area (Å²) in [6, 6.07) is 24.0. The SMILES string of the molecule is CCC1(C)c2ccccc2N2c3ncccc3N(c3ccccc3)C2C1(C)CC. The van der Waals surface area contributed by atoms with Crippen LogP contribution in [0.15, 0.2) is 72.9 Å². The van der Waals surface area contributed by atoms with E-state index in [1.807, 2.05) is 6.20 Å². The van der Waals surface area contributed by atoms with Crippen molar-refractivity contribution in [3.05, 3.63) is 78.5 Å². The molecule has 3 heterocycles. The van der Waals surface area contributed by atoms with E-state index in [1.54, 1.807) is 0 Å². The highest BCUT2D eigenvalue weighted by Gasteiger charge is 2.60. The van der Waals surface area contributed by atoms with Gasteiger partial charge in [0.1, 0.15) is 6.17 Å². The second-order valence-corrected chi connectivity index (χ2v) is 8.77. The highest BCUT2D eigenvalue weighted by Crippen LogP contribution is 2.63. The molecule has 3 atom stereocenters. The Hall–Kier alpha value is -2.81. The third-order valence-electron chi connectivity index (χ3n) is 7.81. The Morgan fingerprint density at radius 3 is 2.21 bits per heavy atom. The van der Waals surface area contributed by atoms with Crippen LogP contribution < -0.4 is 9.80 Å². The Morgan fingerprint density at radius 2 is 1.48 bits per heavy atom. The van der Waals surface area contributed by atoms with Crippen molar-refractivity contribution in [3.8, 4) is 0 Å². The van der Waals surface area contributed by atoms with Crippen molar-refractivity contribution in [2.45, 2.75) is 52.1 Å². The normalized spacial score (nSPS) is 27.4. The van der Waals surface area contributed by atoms with Gasteiger partial charge in [-0.15, -0.1) is 0 Å². The molecule has 2 aliphatic rings. The molecule has 0 radical (unpaired) electrons. The molecule has 0 saturated carbocycles. The minimum atomic E-state index is 0.0344. The van der Waals surface area contributed by atoms with Gasteiger partial charge in [-0.1, -0.05) is 64.1 Å². The van der Waals surface area contributed by atoms with Gasteiger partial charge in [0, 0.05) is 28.4 Å². The average molecular weight is 384 g/mol. The minimum Gasteiger partial charge on any atom is -0.316 e. The molecule has 0 saturated heterocycles. The number of anilines is 4. The number of para-hydroxylation sites is 2. The predicted molar refractivity (Wildman–Crippen MR) is 121 cm³/mol. The van der Waals surface area contributed by atoms with Gasteiger partial charge in [-0.2, -0.15) is 0 Å². The van der Waals surface area contributed by atoms with Crippen LogP contribution in [0.1, 0.15) is 46.1 Å². The number of aromatic nitrogens is 1. The fourth-order valence-electron chi connectivity index (χ4n) is 5.72. The van der Waals surface area contributed by atoms with Crippen LogP contribution in [-0.4, -0.2) is 11.1 Å². The molecule has 3 aromatic rings. The highest BCUT2D eigenvalue weighted by molar-refractivity contribution is 5.88. The molecule has 3 nitrogen and oxygen atoms in total. The standard InChI is InChI=1S/C26H29N3/c1-5-25(3)20-15-10-11-16-21(20)29-23-22(17-12-18-27-23)28(19-13-8-7-9-14-19)24(29)26(25,4)6-2/h7-18,24H,5-6H2,1-4H3. The van der Waals surface area contributed by atoms with Crippen LogP contribution in [0, 0.1) is 5.41 Å². The van der Waals surface area contributed by atoms with E-state index in [9.17, 15) is 0 Å². The molecule has 0 fully saturated rings. The minimum absolute atomic E-state index is 0.0344. The van der Waals surface area contributed by atoms with Crippen LogP contribution in [0.2, 0.25) is 0 Å². The zero-order valence-electron chi connectivity index (χ0n) is 17.8. The van der Waals surface area contributed by atoms with E-state index in [2.05, 4.69) is 104 Å². The van der Waals surface area contributed by atoms with E-state index in [1.165, 1.54) is 22.6 Å². The van der Waals surface area contributed by atoms with E-state index in [0.717, 1.165) is 18.7 Å². The van der Waals surface area contributed by atoms with Gasteiger partial charge in [-0.05, 0) is 48.7 Å². The van der Waals surface area contributed by atoms with E-state index in [0.29, 0.717) is 0 Å². The maximum atomic E-state index is 4.88. The molecule has 2 aromatic carbocycles. The van der Waals surface area contributed by atoms with Gasteiger partial charge in [-0.3, -0.25) is 0 Å². The number of pyridine rings is 1. The van der Waals surface area contributed by atoms with Gasteiger partial charge in [0.05, 0.1) is 5.69 Å². The van der Waals surface area contributed by atoms with Crippen molar-refractivity contribution in [3.63, 3.8) is 0 Å². The molecule has 3 unspecified atom stereocenters. The first-order valence-electron chi connectivity index (χ1n) is 10.7. The largest absolute Gasteiger partial charge is 0.316 e. The van der Waals surface area contributed by atoms with Gasteiger partial charge >= 0.3 is 0 Å². The third-order valence-corrected chi connectivity index (χ3v) is 7.81. The number of hydrogen-bond donors (Lipinski definition) is 0. The zero-order chi connectivity index (χ0) is 20.2. The lowest BCUT2D eigenvalue weighted by Crippen LogP contribution is -2.62. The lowest BCUT2D eigenvalue weighted by Gasteiger charge is -2.58. The molecule has 29 heavy (non-hydrogen) atoms. The van der Waals surface area contributed by atoms with Crippen LogP contribution in [0.25, 0.3) is 0 Å². The lowest BCUT2D eigenvalue weighted by molar-refractivity contribution is 0.0965. The summed E-state index contributed by atoms with van der Waals surface area (Å²) in [6.45, 7) is 9.63. The van der Waals surface area contributed by atoms with E-state index in [-0.39, 0.29) is 17.0 Å². The summed E-state index contributed by atoms with van der Waals surface area (Å²) >= 11 is 0. The van der Waals surface area contributed by atoms with Crippen molar-refractivity contribution in [2.75, 3.05) is 9.80 Å². The number of nitrogens with zero attached hydrogens (tertiary/aromatic N) is 3. The Bertz CT molecular complexity index is 1050.